The molecule has 2 aliphatic rings. The zero-order valence-corrected chi connectivity index (χ0v) is 16.4. The van der Waals surface area contributed by atoms with E-state index in [-0.39, 0.29) is 18.0 Å². The molecule has 7 nitrogen and oxygen atoms in total. The summed E-state index contributed by atoms with van der Waals surface area (Å²) in [4.78, 5) is 24.5. The number of nitrogens with one attached hydrogen (secondary N) is 1. The zero-order valence-electron chi connectivity index (χ0n) is 16.4. The lowest BCUT2D eigenvalue weighted by molar-refractivity contribution is 0.0940. The van der Waals surface area contributed by atoms with E-state index < -0.39 is 0 Å². The van der Waals surface area contributed by atoms with Gasteiger partial charge >= 0.3 is 0 Å². The van der Waals surface area contributed by atoms with Crippen LogP contribution in [-0.2, 0) is 0 Å². The second-order valence-corrected chi connectivity index (χ2v) is 7.46. The minimum atomic E-state index is -0.143. The van der Waals surface area contributed by atoms with Crippen LogP contribution < -0.4 is 10.2 Å². The fraction of sp³-hybridized carbons (Fsp3) is 0.429. The third-order valence-electron chi connectivity index (χ3n) is 5.49. The number of amides is 1. The molecule has 4 rings (SSSR count). The molecule has 0 unspecified atom stereocenters. The predicted octanol–water partition coefficient (Wildman–Crippen LogP) is 3.14. The normalized spacial score (nSPS) is 25.1. The molecule has 28 heavy (non-hydrogen) atoms. The van der Waals surface area contributed by atoms with E-state index in [0.717, 1.165) is 49.3 Å². The number of rotatable bonds is 1. The van der Waals surface area contributed by atoms with Gasteiger partial charge in [-0.15, -0.1) is 0 Å². The number of anilines is 1. The molecule has 2 aromatic rings. The molecule has 1 amide bonds. The molecule has 2 bridgehead atoms. The van der Waals surface area contributed by atoms with Gasteiger partial charge in [-0.3, -0.25) is 9.79 Å². The maximum atomic E-state index is 12.8. The van der Waals surface area contributed by atoms with Crippen molar-refractivity contribution in [1.82, 2.24) is 19.9 Å². The molecule has 146 valence electrons. The second-order valence-electron chi connectivity index (χ2n) is 7.46. The van der Waals surface area contributed by atoms with Crippen molar-refractivity contribution in [2.75, 3.05) is 11.4 Å². The number of hydrogen-bond acceptors (Lipinski definition) is 5. The lowest BCUT2D eigenvalue weighted by Gasteiger charge is -2.28. The highest BCUT2D eigenvalue weighted by Crippen LogP contribution is 2.30. The van der Waals surface area contributed by atoms with Gasteiger partial charge in [0.25, 0.3) is 5.91 Å². The molecule has 2 aromatic heterocycles. The third kappa shape index (κ3) is 3.32. The number of carbonyl (C=O) groups is 1. The molecule has 0 saturated carbocycles. The Labute approximate surface area is 164 Å². The average Bonchev–Trinajstić information content (AvgIpc) is 3.33. The largest absolute Gasteiger partial charge is 0.349 e. The highest BCUT2D eigenvalue weighted by atomic mass is 16.1. The van der Waals surface area contributed by atoms with Crippen LogP contribution in [0.5, 0.6) is 0 Å². The van der Waals surface area contributed by atoms with Crippen molar-refractivity contribution in [3.05, 3.63) is 48.5 Å². The molecule has 1 fully saturated rings. The maximum Gasteiger partial charge on any atom is 0.256 e. The van der Waals surface area contributed by atoms with Gasteiger partial charge in [0.2, 0.25) is 0 Å². The van der Waals surface area contributed by atoms with E-state index in [0.29, 0.717) is 11.2 Å². The molecular formula is C21H26N6O. The SMILES string of the molecule is C=C1/C(=N\C=C/C)CC[C@@H](C)NC(=O)c2cnn3ccc(nc23)N2CCC[C@H]12. The summed E-state index contributed by atoms with van der Waals surface area (Å²) in [6.07, 6.45) is 10.9. The van der Waals surface area contributed by atoms with Crippen LogP contribution in [-0.4, -0.2) is 44.8 Å². The van der Waals surface area contributed by atoms with Crippen LogP contribution in [0.3, 0.4) is 0 Å². The quantitative estimate of drug-likeness (QED) is 0.827. The van der Waals surface area contributed by atoms with Crippen LogP contribution in [0.4, 0.5) is 5.82 Å². The zero-order chi connectivity index (χ0) is 19.7. The molecule has 4 heterocycles. The fourth-order valence-corrected chi connectivity index (χ4v) is 3.97. The van der Waals surface area contributed by atoms with Gasteiger partial charge in [0.15, 0.2) is 5.65 Å². The van der Waals surface area contributed by atoms with Crippen LogP contribution >= 0.6 is 0 Å². The number of fused-ring (bicyclic) bond motifs is 3. The Balaban J connectivity index is 1.81. The lowest BCUT2D eigenvalue weighted by atomic mass is 9.96. The monoisotopic (exact) mass is 378 g/mol. The Morgan fingerprint density at radius 2 is 2.25 bits per heavy atom. The topological polar surface area (TPSA) is 74.9 Å². The Bertz CT molecular complexity index is 972. The van der Waals surface area contributed by atoms with Crippen LogP contribution in [0, 0.1) is 0 Å². The van der Waals surface area contributed by atoms with Gasteiger partial charge < -0.3 is 10.2 Å². The fourth-order valence-electron chi connectivity index (χ4n) is 3.97. The highest BCUT2D eigenvalue weighted by Gasteiger charge is 2.31. The highest BCUT2D eigenvalue weighted by molar-refractivity contribution is 6.02. The number of hydrogen-bond donors (Lipinski definition) is 1. The molecule has 0 aromatic carbocycles. The van der Waals surface area contributed by atoms with Crippen molar-refractivity contribution >= 4 is 23.1 Å². The molecule has 0 spiro atoms. The molecular weight excluding hydrogens is 352 g/mol. The van der Waals surface area contributed by atoms with Crippen molar-refractivity contribution in [3.8, 4) is 0 Å². The molecule has 1 saturated heterocycles. The summed E-state index contributed by atoms with van der Waals surface area (Å²) in [5.41, 5.74) is 3.13. The molecule has 7 heteroatoms. The number of nitrogens with zero attached hydrogens (tertiary/aromatic N) is 5. The smallest absolute Gasteiger partial charge is 0.256 e. The second kappa shape index (κ2) is 7.58. The Morgan fingerprint density at radius 3 is 3.07 bits per heavy atom. The number of carbonyl (C=O) groups excluding carboxylic acids is 1. The molecule has 2 atom stereocenters. The van der Waals surface area contributed by atoms with Gasteiger partial charge in [-0.25, -0.2) is 9.50 Å². The summed E-state index contributed by atoms with van der Waals surface area (Å²) in [7, 11) is 0. The van der Waals surface area contributed by atoms with E-state index in [1.54, 1.807) is 10.7 Å². The van der Waals surface area contributed by atoms with E-state index in [1.165, 1.54) is 0 Å². The van der Waals surface area contributed by atoms with Crippen molar-refractivity contribution in [3.63, 3.8) is 0 Å². The molecule has 0 aliphatic carbocycles. The minimum Gasteiger partial charge on any atom is -0.349 e. The molecule has 1 N–H and O–H groups in total. The summed E-state index contributed by atoms with van der Waals surface area (Å²) in [5.74, 6) is 0.707. The first-order valence-corrected chi connectivity index (χ1v) is 9.87. The van der Waals surface area contributed by atoms with Gasteiger partial charge in [-0.2, -0.15) is 5.10 Å². The van der Waals surface area contributed by atoms with Crippen molar-refractivity contribution in [1.29, 1.82) is 0 Å². The van der Waals surface area contributed by atoms with Gasteiger partial charge in [0.05, 0.1) is 12.2 Å². The van der Waals surface area contributed by atoms with E-state index in [9.17, 15) is 4.79 Å². The summed E-state index contributed by atoms with van der Waals surface area (Å²) < 4.78 is 1.65. The van der Waals surface area contributed by atoms with Crippen LogP contribution in [0.25, 0.3) is 5.65 Å². The minimum absolute atomic E-state index is 0.00896. The Morgan fingerprint density at radius 1 is 1.39 bits per heavy atom. The third-order valence-corrected chi connectivity index (χ3v) is 5.49. The average molecular weight is 378 g/mol. The van der Waals surface area contributed by atoms with E-state index >= 15 is 0 Å². The standard InChI is InChI=1S/C21H26N6O/c1-4-10-22-17-8-7-14(2)24-21(28)16-13-23-27-12-9-19(25-20(16)27)26-11-5-6-18(26)15(17)3/h4,9-10,12-14,18H,3,5-8,11H2,1-2H3,(H,24,28)/b10-4-,22-17-/t14-,18-/m1/s1. The number of aromatic nitrogens is 3. The van der Waals surface area contributed by atoms with Gasteiger partial charge in [0.1, 0.15) is 11.4 Å². The molecule has 0 radical (unpaired) electrons. The maximum absolute atomic E-state index is 12.8. The number of aliphatic imine (C=N–C) groups is 1. The van der Waals surface area contributed by atoms with Gasteiger partial charge in [0, 0.05) is 30.7 Å². The van der Waals surface area contributed by atoms with E-state index in [4.69, 9.17) is 4.98 Å². The summed E-state index contributed by atoms with van der Waals surface area (Å²) in [5, 5.41) is 7.35. The Kier molecular flexibility index (Phi) is 4.98. The van der Waals surface area contributed by atoms with Crippen molar-refractivity contribution in [2.24, 2.45) is 4.99 Å². The molecule has 2 aliphatic heterocycles. The lowest BCUT2D eigenvalue weighted by Crippen LogP contribution is -2.34. The number of allylic oxidation sites excluding steroid dienone is 1. The van der Waals surface area contributed by atoms with E-state index in [1.807, 2.05) is 38.4 Å². The van der Waals surface area contributed by atoms with Crippen molar-refractivity contribution in [2.45, 2.75) is 51.6 Å². The predicted molar refractivity (Wildman–Crippen MR) is 111 cm³/mol. The van der Waals surface area contributed by atoms with Crippen molar-refractivity contribution < 1.29 is 4.79 Å². The van der Waals surface area contributed by atoms with Crippen LogP contribution in [0.1, 0.15) is 49.9 Å². The Hall–Kier alpha value is -2.96. The summed E-state index contributed by atoms with van der Waals surface area (Å²) in [6, 6.07) is 2.14. The summed E-state index contributed by atoms with van der Waals surface area (Å²) in [6.45, 7) is 9.29. The first kappa shape index (κ1) is 18.4. The summed E-state index contributed by atoms with van der Waals surface area (Å²) >= 11 is 0. The van der Waals surface area contributed by atoms with Gasteiger partial charge in [-0.05, 0) is 51.2 Å². The van der Waals surface area contributed by atoms with Crippen LogP contribution in [0.2, 0.25) is 0 Å². The van der Waals surface area contributed by atoms with E-state index in [2.05, 4.69) is 26.9 Å². The van der Waals surface area contributed by atoms with Crippen LogP contribution in [0.15, 0.2) is 47.9 Å². The first-order chi connectivity index (χ1) is 13.6. The van der Waals surface area contributed by atoms with Gasteiger partial charge in [-0.1, -0.05) is 12.7 Å². The first-order valence-electron chi connectivity index (χ1n) is 9.87.